The summed E-state index contributed by atoms with van der Waals surface area (Å²) in [6.07, 6.45) is 3.00. The number of nitrogens with two attached hydrogens (primary N) is 1. The molecule has 0 atom stereocenters. The van der Waals surface area contributed by atoms with Crippen molar-refractivity contribution in [2.24, 2.45) is 5.73 Å². The van der Waals surface area contributed by atoms with Crippen LogP contribution in [0.2, 0.25) is 0 Å². The average Bonchev–Trinajstić information content (AvgIpc) is 3.09. The van der Waals surface area contributed by atoms with Crippen molar-refractivity contribution in [1.82, 2.24) is 5.32 Å². The highest BCUT2D eigenvalue weighted by molar-refractivity contribution is 5.74. The summed E-state index contributed by atoms with van der Waals surface area (Å²) >= 11 is 0. The van der Waals surface area contributed by atoms with Gasteiger partial charge in [-0.05, 0) is 43.7 Å². The van der Waals surface area contributed by atoms with Crippen LogP contribution in [0.15, 0.2) is 24.3 Å². The molecule has 3 nitrogen and oxygen atoms in total. The molecule has 1 aliphatic rings. The molecule has 1 amide bonds. The van der Waals surface area contributed by atoms with E-state index in [2.05, 4.69) is 29.6 Å². The summed E-state index contributed by atoms with van der Waals surface area (Å²) < 4.78 is 0. The number of amides is 1. The van der Waals surface area contributed by atoms with Crippen LogP contribution in [0.3, 0.4) is 0 Å². The Morgan fingerprint density at radius 1 is 1.44 bits per heavy atom. The largest absolute Gasteiger partial charge is 0.370 e. The zero-order chi connectivity index (χ0) is 13.2. The van der Waals surface area contributed by atoms with Crippen LogP contribution in [0, 0.1) is 0 Å². The lowest BCUT2D eigenvalue weighted by atomic mass is 9.99. The van der Waals surface area contributed by atoms with E-state index in [9.17, 15) is 4.79 Å². The number of primary amides is 1. The van der Waals surface area contributed by atoms with Crippen LogP contribution < -0.4 is 11.1 Å². The average molecular weight is 246 g/mol. The molecule has 18 heavy (non-hydrogen) atoms. The fraction of sp³-hybridized carbons (Fsp3) is 0.533. The van der Waals surface area contributed by atoms with Crippen LogP contribution in [0.4, 0.5) is 0 Å². The molecule has 3 heteroatoms. The van der Waals surface area contributed by atoms with E-state index in [1.807, 2.05) is 13.8 Å². The van der Waals surface area contributed by atoms with E-state index >= 15 is 0 Å². The van der Waals surface area contributed by atoms with Gasteiger partial charge in [-0.2, -0.15) is 0 Å². The van der Waals surface area contributed by atoms with E-state index < -0.39 is 0 Å². The highest BCUT2D eigenvalue weighted by Crippen LogP contribution is 2.40. The van der Waals surface area contributed by atoms with Gasteiger partial charge in [-0.15, -0.1) is 0 Å². The molecule has 1 aromatic carbocycles. The van der Waals surface area contributed by atoms with Crippen molar-refractivity contribution in [3.05, 3.63) is 35.4 Å². The van der Waals surface area contributed by atoms with Crippen molar-refractivity contribution >= 4 is 5.91 Å². The monoisotopic (exact) mass is 246 g/mol. The van der Waals surface area contributed by atoms with Gasteiger partial charge in [0.1, 0.15) is 0 Å². The first kappa shape index (κ1) is 13.1. The molecule has 0 aliphatic heterocycles. The zero-order valence-corrected chi connectivity index (χ0v) is 11.2. The molecule has 0 bridgehead atoms. The fourth-order valence-electron chi connectivity index (χ4n) is 2.21. The van der Waals surface area contributed by atoms with E-state index in [0.29, 0.717) is 6.42 Å². The van der Waals surface area contributed by atoms with Gasteiger partial charge in [0.05, 0.1) is 0 Å². The van der Waals surface area contributed by atoms with Gasteiger partial charge in [0.25, 0.3) is 0 Å². The Bertz CT molecular complexity index is 436. The molecule has 0 saturated heterocycles. The maximum absolute atomic E-state index is 11.0. The number of rotatable bonds is 6. The van der Waals surface area contributed by atoms with Gasteiger partial charge in [-0.1, -0.05) is 24.3 Å². The summed E-state index contributed by atoms with van der Waals surface area (Å²) in [5, 5.41) is 3.39. The highest BCUT2D eigenvalue weighted by Gasteiger charge is 2.24. The first-order valence-electron chi connectivity index (χ1n) is 6.58. The summed E-state index contributed by atoms with van der Waals surface area (Å²) in [6, 6.07) is 8.71. The third-order valence-corrected chi connectivity index (χ3v) is 3.39. The summed E-state index contributed by atoms with van der Waals surface area (Å²) in [4.78, 5) is 11.0. The van der Waals surface area contributed by atoms with Crippen molar-refractivity contribution < 1.29 is 4.79 Å². The molecule has 2 rings (SSSR count). The molecule has 3 N–H and O–H groups in total. The molecular formula is C15H22N2O. The van der Waals surface area contributed by atoms with Crippen LogP contribution in [0.25, 0.3) is 0 Å². The predicted octanol–water partition coefficient (Wildman–Crippen LogP) is 2.31. The lowest BCUT2D eigenvalue weighted by Gasteiger charge is -2.25. The molecule has 0 spiro atoms. The van der Waals surface area contributed by atoms with E-state index in [1.54, 1.807) is 0 Å². The van der Waals surface area contributed by atoms with Crippen LogP contribution >= 0.6 is 0 Å². The van der Waals surface area contributed by atoms with E-state index in [-0.39, 0.29) is 11.4 Å². The minimum absolute atomic E-state index is 0.249. The Kier molecular flexibility index (Phi) is 3.71. The Balaban J connectivity index is 1.92. The van der Waals surface area contributed by atoms with Gasteiger partial charge in [-0.25, -0.2) is 0 Å². The summed E-state index contributed by atoms with van der Waals surface area (Å²) in [6.45, 7) is 4.78. The first-order chi connectivity index (χ1) is 8.46. The second-order valence-corrected chi connectivity index (χ2v) is 5.90. The van der Waals surface area contributed by atoms with Crippen molar-refractivity contribution in [3.8, 4) is 0 Å². The fourth-order valence-corrected chi connectivity index (χ4v) is 2.21. The van der Waals surface area contributed by atoms with Crippen molar-refractivity contribution in [3.63, 3.8) is 0 Å². The normalized spacial score (nSPS) is 15.7. The third-order valence-electron chi connectivity index (χ3n) is 3.39. The van der Waals surface area contributed by atoms with Crippen molar-refractivity contribution in [2.75, 3.05) is 0 Å². The van der Waals surface area contributed by atoms with Gasteiger partial charge >= 0.3 is 0 Å². The van der Waals surface area contributed by atoms with Crippen LogP contribution in [-0.2, 0) is 11.3 Å². The van der Waals surface area contributed by atoms with Crippen molar-refractivity contribution in [1.29, 1.82) is 0 Å². The molecule has 1 aliphatic carbocycles. The molecule has 1 fully saturated rings. The molecule has 98 valence electrons. The SMILES string of the molecule is CC(C)(CC(N)=O)NCc1cccc(C2CC2)c1. The molecule has 0 heterocycles. The van der Waals surface area contributed by atoms with Crippen LogP contribution in [-0.4, -0.2) is 11.4 Å². The minimum atomic E-state index is -0.265. The van der Waals surface area contributed by atoms with E-state index in [4.69, 9.17) is 5.73 Å². The Morgan fingerprint density at radius 3 is 2.78 bits per heavy atom. The van der Waals surface area contributed by atoms with Gasteiger partial charge in [0.2, 0.25) is 5.91 Å². The maximum Gasteiger partial charge on any atom is 0.219 e. The smallest absolute Gasteiger partial charge is 0.219 e. The number of hydrogen-bond donors (Lipinski definition) is 2. The minimum Gasteiger partial charge on any atom is -0.370 e. The standard InChI is InChI=1S/C15H22N2O/c1-15(2,9-14(16)18)17-10-11-4-3-5-13(8-11)12-6-7-12/h3-5,8,12,17H,6-7,9-10H2,1-2H3,(H2,16,18). The quantitative estimate of drug-likeness (QED) is 0.809. The molecule has 0 unspecified atom stereocenters. The van der Waals surface area contributed by atoms with Gasteiger partial charge in [-0.3, -0.25) is 4.79 Å². The Morgan fingerprint density at radius 2 is 2.17 bits per heavy atom. The van der Waals surface area contributed by atoms with E-state index in [0.717, 1.165) is 12.5 Å². The lowest BCUT2D eigenvalue weighted by Crippen LogP contribution is -2.42. The summed E-state index contributed by atoms with van der Waals surface area (Å²) in [5.41, 5.74) is 7.71. The highest BCUT2D eigenvalue weighted by atomic mass is 16.1. The predicted molar refractivity (Wildman–Crippen MR) is 73.1 cm³/mol. The van der Waals surface area contributed by atoms with Gasteiger partial charge in [0, 0.05) is 18.5 Å². The molecule has 1 saturated carbocycles. The van der Waals surface area contributed by atoms with Crippen LogP contribution in [0.1, 0.15) is 50.2 Å². The van der Waals surface area contributed by atoms with Crippen molar-refractivity contribution in [2.45, 2.75) is 51.1 Å². The zero-order valence-electron chi connectivity index (χ0n) is 11.2. The third kappa shape index (κ3) is 3.84. The number of benzene rings is 1. The number of nitrogens with one attached hydrogen (secondary N) is 1. The topological polar surface area (TPSA) is 55.1 Å². The first-order valence-corrected chi connectivity index (χ1v) is 6.58. The molecule has 0 aromatic heterocycles. The number of carbonyl (C=O) groups excluding carboxylic acids is 1. The molecular weight excluding hydrogens is 224 g/mol. The second-order valence-electron chi connectivity index (χ2n) is 5.90. The molecule has 1 aromatic rings. The lowest BCUT2D eigenvalue weighted by molar-refractivity contribution is -0.119. The van der Waals surface area contributed by atoms with E-state index in [1.165, 1.54) is 24.0 Å². The number of hydrogen-bond acceptors (Lipinski definition) is 2. The summed E-state index contributed by atoms with van der Waals surface area (Å²) in [5.74, 6) is 0.516. The van der Waals surface area contributed by atoms with Gasteiger partial charge < -0.3 is 11.1 Å². The maximum atomic E-state index is 11.0. The van der Waals surface area contributed by atoms with Gasteiger partial charge in [0.15, 0.2) is 0 Å². The number of carbonyl (C=O) groups is 1. The van der Waals surface area contributed by atoms with Crippen LogP contribution in [0.5, 0.6) is 0 Å². The molecule has 0 radical (unpaired) electrons. The summed E-state index contributed by atoms with van der Waals surface area (Å²) in [7, 11) is 0. The Hall–Kier alpha value is -1.35. The second kappa shape index (κ2) is 5.11. The Labute approximate surface area is 109 Å².